The smallest absolute Gasteiger partial charge is 0.303 e. The van der Waals surface area contributed by atoms with E-state index in [9.17, 15) is 9.59 Å². The minimum absolute atomic E-state index is 0.316. The zero-order valence-corrected chi connectivity index (χ0v) is 17.3. The molecule has 1 aliphatic heterocycles. The number of hydrogen-bond donors (Lipinski definition) is 2. The molecule has 160 valence electrons. The lowest BCUT2D eigenvalue weighted by Gasteiger charge is -2.03. The van der Waals surface area contributed by atoms with E-state index in [0.717, 1.165) is 38.9 Å². The highest BCUT2D eigenvalue weighted by molar-refractivity contribution is 5.66. The van der Waals surface area contributed by atoms with Gasteiger partial charge in [-0.15, -0.1) is 0 Å². The summed E-state index contributed by atoms with van der Waals surface area (Å²) in [5.74, 6) is -1.36. The molecular formula is C22H42O5. The number of carboxylic acid groups (broad SMARTS) is 2. The monoisotopic (exact) mass is 386 g/mol. The fourth-order valence-corrected chi connectivity index (χ4v) is 3.18. The van der Waals surface area contributed by atoms with Crippen molar-refractivity contribution < 1.29 is 24.5 Å². The number of aliphatic carboxylic acids is 2. The van der Waals surface area contributed by atoms with Gasteiger partial charge >= 0.3 is 11.9 Å². The summed E-state index contributed by atoms with van der Waals surface area (Å²) in [6.07, 6.45) is 19.5. The van der Waals surface area contributed by atoms with Crippen LogP contribution in [0, 0.1) is 0 Å². The van der Waals surface area contributed by atoms with Gasteiger partial charge in [0, 0.05) is 26.1 Å². The minimum atomic E-state index is -0.679. The van der Waals surface area contributed by atoms with Gasteiger partial charge in [-0.25, -0.2) is 0 Å². The molecule has 0 atom stereocenters. The highest BCUT2D eigenvalue weighted by Crippen LogP contribution is 2.13. The lowest BCUT2D eigenvalue weighted by molar-refractivity contribution is -0.138. The van der Waals surface area contributed by atoms with Gasteiger partial charge in [0.2, 0.25) is 0 Å². The van der Waals surface area contributed by atoms with Crippen LogP contribution in [-0.4, -0.2) is 35.4 Å². The number of ether oxygens (including phenoxy) is 1. The second-order valence-electron chi connectivity index (χ2n) is 7.56. The average molecular weight is 387 g/mol. The van der Waals surface area contributed by atoms with E-state index in [1.165, 1.54) is 77.0 Å². The Balaban J connectivity index is 0.00000115. The van der Waals surface area contributed by atoms with E-state index >= 15 is 0 Å². The molecular weight excluding hydrogens is 344 g/mol. The molecule has 1 fully saturated rings. The molecule has 5 heteroatoms. The Hall–Kier alpha value is -1.10. The SMILES string of the molecule is C1CCOC1.O=C(O)CCCCCCCCCCCCCCCCC(=O)O. The van der Waals surface area contributed by atoms with Crippen molar-refractivity contribution in [2.45, 2.75) is 116 Å². The van der Waals surface area contributed by atoms with Gasteiger partial charge < -0.3 is 14.9 Å². The molecule has 1 heterocycles. The van der Waals surface area contributed by atoms with Gasteiger partial charge in [0.25, 0.3) is 0 Å². The normalized spacial score (nSPS) is 13.2. The first-order valence-corrected chi connectivity index (χ1v) is 11.1. The maximum atomic E-state index is 10.3. The maximum absolute atomic E-state index is 10.3. The minimum Gasteiger partial charge on any atom is -0.481 e. The third kappa shape index (κ3) is 24.9. The van der Waals surface area contributed by atoms with Crippen LogP contribution in [0.5, 0.6) is 0 Å². The van der Waals surface area contributed by atoms with E-state index in [1.807, 2.05) is 0 Å². The van der Waals surface area contributed by atoms with Gasteiger partial charge in [-0.1, -0.05) is 77.0 Å². The summed E-state index contributed by atoms with van der Waals surface area (Å²) in [5, 5.41) is 17.0. The molecule has 0 bridgehead atoms. The van der Waals surface area contributed by atoms with Gasteiger partial charge in [0.05, 0.1) is 0 Å². The fraction of sp³-hybridized carbons (Fsp3) is 0.909. The molecule has 0 spiro atoms. The average Bonchev–Trinajstić information content (AvgIpc) is 3.21. The van der Waals surface area contributed by atoms with Gasteiger partial charge in [-0.3, -0.25) is 9.59 Å². The van der Waals surface area contributed by atoms with E-state index in [4.69, 9.17) is 14.9 Å². The predicted octanol–water partition coefficient (Wildman–Crippen LogP) is 6.19. The van der Waals surface area contributed by atoms with E-state index in [2.05, 4.69) is 0 Å². The Morgan fingerprint density at radius 1 is 0.519 bits per heavy atom. The summed E-state index contributed by atoms with van der Waals surface area (Å²) in [6.45, 7) is 2.00. The van der Waals surface area contributed by atoms with Gasteiger partial charge in [-0.2, -0.15) is 0 Å². The van der Waals surface area contributed by atoms with Crippen LogP contribution in [0.15, 0.2) is 0 Å². The van der Waals surface area contributed by atoms with Crippen LogP contribution in [0.2, 0.25) is 0 Å². The summed E-state index contributed by atoms with van der Waals surface area (Å²) < 4.78 is 4.94. The molecule has 1 aliphatic rings. The van der Waals surface area contributed by atoms with Gasteiger partial charge in [-0.05, 0) is 25.7 Å². The molecule has 0 unspecified atom stereocenters. The molecule has 0 aromatic carbocycles. The maximum Gasteiger partial charge on any atom is 0.303 e. The molecule has 0 aromatic rings. The molecule has 1 rings (SSSR count). The van der Waals surface area contributed by atoms with Crippen LogP contribution in [0.1, 0.15) is 116 Å². The quantitative estimate of drug-likeness (QED) is 0.291. The van der Waals surface area contributed by atoms with Crippen molar-refractivity contribution in [3.63, 3.8) is 0 Å². The lowest BCUT2D eigenvalue weighted by atomic mass is 10.0. The van der Waals surface area contributed by atoms with Crippen molar-refractivity contribution in [3.8, 4) is 0 Å². The first kappa shape index (κ1) is 25.9. The molecule has 5 nitrogen and oxygen atoms in total. The molecule has 27 heavy (non-hydrogen) atoms. The highest BCUT2D eigenvalue weighted by atomic mass is 16.5. The molecule has 1 saturated heterocycles. The van der Waals surface area contributed by atoms with Crippen molar-refractivity contribution in [3.05, 3.63) is 0 Å². The van der Waals surface area contributed by atoms with E-state index in [-0.39, 0.29) is 0 Å². The third-order valence-electron chi connectivity index (χ3n) is 4.86. The summed E-state index contributed by atoms with van der Waals surface area (Å²) in [5.41, 5.74) is 0. The second-order valence-corrected chi connectivity index (χ2v) is 7.56. The standard InChI is InChI=1S/C18H34O4.C4H8O/c19-17(20)15-13-11-9-7-5-3-1-2-4-6-8-10-12-14-16-18(21)22;1-2-4-5-3-1/h1-16H2,(H,19,20)(H,21,22);1-4H2. The predicted molar refractivity (Wildman–Crippen MR) is 109 cm³/mol. The first-order valence-electron chi connectivity index (χ1n) is 11.1. The van der Waals surface area contributed by atoms with Crippen LogP contribution in [0.3, 0.4) is 0 Å². The molecule has 0 aromatic heterocycles. The number of unbranched alkanes of at least 4 members (excludes halogenated alkanes) is 13. The highest BCUT2D eigenvalue weighted by Gasteiger charge is 1.98. The summed E-state index contributed by atoms with van der Waals surface area (Å²) in [7, 11) is 0. The largest absolute Gasteiger partial charge is 0.481 e. The number of hydrogen-bond acceptors (Lipinski definition) is 3. The third-order valence-corrected chi connectivity index (χ3v) is 4.86. The number of carboxylic acids is 2. The van der Waals surface area contributed by atoms with Crippen LogP contribution < -0.4 is 0 Å². The fourth-order valence-electron chi connectivity index (χ4n) is 3.18. The second kappa shape index (κ2) is 21.2. The molecule has 0 saturated carbocycles. The lowest BCUT2D eigenvalue weighted by Crippen LogP contribution is -1.93. The van der Waals surface area contributed by atoms with Gasteiger partial charge in [0.15, 0.2) is 0 Å². The van der Waals surface area contributed by atoms with Crippen LogP contribution in [-0.2, 0) is 14.3 Å². The Morgan fingerprint density at radius 2 is 0.778 bits per heavy atom. The van der Waals surface area contributed by atoms with Crippen LogP contribution >= 0.6 is 0 Å². The molecule has 2 N–H and O–H groups in total. The topological polar surface area (TPSA) is 83.8 Å². The van der Waals surface area contributed by atoms with Crippen molar-refractivity contribution in [2.24, 2.45) is 0 Å². The van der Waals surface area contributed by atoms with Crippen molar-refractivity contribution in [1.29, 1.82) is 0 Å². The Labute approximate surface area is 165 Å². The van der Waals surface area contributed by atoms with E-state index in [1.54, 1.807) is 0 Å². The first-order chi connectivity index (χ1) is 13.1. The Kier molecular flexibility index (Phi) is 20.3. The zero-order valence-electron chi connectivity index (χ0n) is 17.3. The van der Waals surface area contributed by atoms with Crippen molar-refractivity contribution in [2.75, 3.05) is 13.2 Å². The van der Waals surface area contributed by atoms with Crippen molar-refractivity contribution >= 4 is 11.9 Å². The van der Waals surface area contributed by atoms with E-state index < -0.39 is 11.9 Å². The summed E-state index contributed by atoms with van der Waals surface area (Å²) >= 11 is 0. The van der Waals surface area contributed by atoms with E-state index in [0.29, 0.717) is 12.8 Å². The van der Waals surface area contributed by atoms with Gasteiger partial charge in [0.1, 0.15) is 0 Å². The number of carbonyl (C=O) groups is 2. The molecule has 0 amide bonds. The molecule has 0 aliphatic carbocycles. The zero-order chi connectivity index (χ0) is 20.0. The Bertz CT molecular complexity index is 304. The van der Waals surface area contributed by atoms with Crippen LogP contribution in [0.25, 0.3) is 0 Å². The Morgan fingerprint density at radius 3 is 0.963 bits per heavy atom. The molecule has 0 radical (unpaired) electrons. The summed E-state index contributed by atoms with van der Waals surface area (Å²) in [6, 6.07) is 0. The summed E-state index contributed by atoms with van der Waals surface area (Å²) in [4.78, 5) is 20.7. The van der Waals surface area contributed by atoms with Crippen molar-refractivity contribution in [1.82, 2.24) is 0 Å². The number of rotatable bonds is 17. The van der Waals surface area contributed by atoms with Crippen LogP contribution in [0.4, 0.5) is 0 Å².